The molecule has 0 unspecified atom stereocenters. The van der Waals surface area contributed by atoms with Crippen molar-refractivity contribution >= 4 is 16.6 Å². The first-order valence-corrected chi connectivity index (χ1v) is 10.8. The van der Waals surface area contributed by atoms with Crippen LogP contribution in [0.1, 0.15) is 32.1 Å². The molecule has 28 heavy (non-hydrogen) atoms. The van der Waals surface area contributed by atoms with Gasteiger partial charge >= 0.3 is 0 Å². The Morgan fingerprint density at radius 1 is 0.750 bits per heavy atom. The summed E-state index contributed by atoms with van der Waals surface area (Å²) in [5.74, 6) is 0. The molecule has 0 amide bonds. The van der Waals surface area contributed by atoms with Crippen LogP contribution in [0.5, 0.6) is 0 Å². The molecule has 0 atom stereocenters. The van der Waals surface area contributed by atoms with Gasteiger partial charge in [-0.3, -0.25) is 0 Å². The van der Waals surface area contributed by atoms with Gasteiger partial charge in [-0.05, 0) is 50.9 Å². The first-order valence-electron chi connectivity index (χ1n) is 10.8. The number of likely N-dealkylation sites (tertiary alicyclic amines) is 1. The van der Waals surface area contributed by atoms with E-state index in [0.29, 0.717) is 0 Å². The molecule has 1 aromatic heterocycles. The zero-order valence-electron chi connectivity index (χ0n) is 16.6. The molecule has 2 fully saturated rings. The van der Waals surface area contributed by atoms with Crippen LogP contribution in [0.2, 0.25) is 0 Å². The Morgan fingerprint density at radius 3 is 2.25 bits per heavy atom. The Balaban J connectivity index is 1.44. The predicted octanol–water partition coefficient (Wildman–Crippen LogP) is 5.36. The molecule has 3 aromatic rings. The second kappa shape index (κ2) is 7.92. The summed E-state index contributed by atoms with van der Waals surface area (Å²) in [4.78, 5) is 10.3. The number of hydrogen-bond donors (Lipinski definition) is 0. The molecule has 2 saturated heterocycles. The predicted molar refractivity (Wildman–Crippen MR) is 118 cm³/mol. The fourth-order valence-corrected chi connectivity index (χ4v) is 4.93. The summed E-state index contributed by atoms with van der Waals surface area (Å²) in [5, 5.41) is 1.28. The topological polar surface area (TPSA) is 19.4 Å². The number of aromatic nitrogens is 1. The van der Waals surface area contributed by atoms with Crippen LogP contribution in [-0.4, -0.2) is 42.1 Å². The Bertz CT molecular complexity index is 923. The van der Waals surface area contributed by atoms with Crippen LogP contribution in [0.25, 0.3) is 22.2 Å². The van der Waals surface area contributed by atoms with Gasteiger partial charge < -0.3 is 9.80 Å². The van der Waals surface area contributed by atoms with Crippen LogP contribution >= 0.6 is 0 Å². The fraction of sp³-hybridized carbons (Fsp3) is 0.400. The lowest BCUT2D eigenvalue weighted by Gasteiger charge is -2.41. The summed E-state index contributed by atoms with van der Waals surface area (Å²) in [7, 11) is 0. The van der Waals surface area contributed by atoms with E-state index in [-0.39, 0.29) is 0 Å². The molecule has 3 heterocycles. The lowest BCUT2D eigenvalue weighted by atomic mass is 9.98. The molecule has 0 radical (unpaired) electrons. The minimum absolute atomic E-state index is 0.776. The normalized spacial score (nSPS) is 19.2. The number of para-hydroxylation sites is 1. The van der Waals surface area contributed by atoms with Crippen LogP contribution in [-0.2, 0) is 0 Å². The lowest BCUT2D eigenvalue weighted by Crippen LogP contribution is -2.46. The lowest BCUT2D eigenvalue weighted by molar-refractivity contribution is 0.141. The molecule has 0 spiro atoms. The summed E-state index contributed by atoms with van der Waals surface area (Å²) in [6.07, 6.45) is 6.74. The van der Waals surface area contributed by atoms with E-state index in [4.69, 9.17) is 4.98 Å². The number of hydrogen-bond acceptors (Lipinski definition) is 3. The molecule has 0 saturated carbocycles. The van der Waals surface area contributed by atoms with E-state index in [2.05, 4.69) is 70.5 Å². The molecule has 2 aliphatic rings. The monoisotopic (exact) mass is 371 g/mol. The van der Waals surface area contributed by atoms with E-state index < -0.39 is 0 Å². The van der Waals surface area contributed by atoms with Gasteiger partial charge in [-0.15, -0.1) is 0 Å². The van der Waals surface area contributed by atoms with E-state index in [1.54, 1.807) is 0 Å². The van der Waals surface area contributed by atoms with Gasteiger partial charge in [-0.2, -0.15) is 0 Å². The number of benzene rings is 2. The minimum Gasteiger partial charge on any atom is -0.371 e. The van der Waals surface area contributed by atoms with Crippen molar-refractivity contribution in [1.29, 1.82) is 0 Å². The molecule has 2 aliphatic heterocycles. The van der Waals surface area contributed by atoms with Crippen LogP contribution in [0.4, 0.5) is 5.69 Å². The molecule has 2 aromatic carbocycles. The average molecular weight is 372 g/mol. The highest BCUT2D eigenvalue weighted by molar-refractivity contribution is 5.94. The standard InChI is InChI=1S/C25H29N3/c1-3-9-20(10-4-1)24-19-25(22-11-5-6-12-23(22)26-24)28-17-13-21(14-18-28)27-15-7-2-8-16-27/h1,3-6,9-12,19,21H,2,7-8,13-18H2. The number of rotatable bonds is 3. The van der Waals surface area contributed by atoms with Crippen molar-refractivity contribution in [2.45, 2.75) is 38.1 Å². The van der Waals surface area contributed by atoms with E-state index >= 15 is 0 Å². The molecular weight excluding hydrogens is 342 g/mol. The third-order valence-electron chi connectivity index (χ3n) is 6.48. The van der Waals surface area contributed by atoms with Gasteiger partial charge in [0.2, 0.25) is 0 Å². The number of piperidine rings is 2. The van der Waals surface area contributed by atoms with Gasteiger partial charge in [-0.1, -0.05) is 55.0 Å². The first-order chi connectivity index (χ1) is 13.9. The first kappa shape index (κ1) is 17.7. The van der Waals surface area contributed by atoms with Crippen LogP contribution in [0, 0.1) is 0 Å². The van der Waals surface area contributed by atoms with Crippen molar-refractivity contribution in [1.82, 2.24) is 9.88 Å². The molecule has 3 heteroatoms. The van der Waals surface area contributed by atoms with Crippen LogP contribution in [0.15, 0.2) is 60.7 Å². The van der Waals surface area contributed by atoms with E-state index in [9.17, 15) is 0 Å². The molecule has 3 nitrogen and oxygen atoms in total. The summed E-state index contributed by atoms with van der Waals surface area (Å²) in [6, 6.07) is 22.2. The second-order valence-corrected chi connectivity index (χ2v) is 8.22. The van der Waals surface area contributed by atoms with Gasteiger partial charge in [0.15, 0.2) is 0 Å². The third-order valence-corrected chi connectivity index (χ3v) is 6.48. The Hall–Kier alpha value is -2.39. The maximum absolute atomic E-state index is 4.95. The third kappa shape index (κ3) is 3.51. The molecule has 5 rings (SSSR count). The van der Waals surface area contributed by atoms with Crippen molar-refractivity contribution < 1.29 is 0 Å². The van der Waals surface area contributed by atoms with Crippen molar-refractivity contribution in [3.05, 3.63) is 60.7 Å². The van der Waals surface area contributed by atoms with E-state index in [0.717, 1.165) is 30.3 Å². The Labute approximate surface area is 168 Å². The van der Waals surface area contributed by atoms with Gasteiger partial charge in [0.25, 0.3) is 0 Å². The highest BCUT2D eigenvalue weighted by Crippen LogP contribution is 2.33. The summed E-state index contributed by atoms with van der Waals surface area (Å²) in [6.45, 7) is 4.90. The zero-order chi connectivity index (χ0) is 18.8. The van der Waals surface area contributed by atoms with Gasteiger partial charge in [0.05, 0.1) is 11.2 Å². The summed E-state index contributed by atoms with van der Waals surface area (Å²) in [5.41, 5.74) is 4.71. The Kier molecular flexibility index (Phi) is 5.01. The van der Waals surface area contributed by atoms with E-state index in [1.807, 2.05) is 0 Å². The quantitative estimate of drug-likeness (QED) is 0.618. The SMILES string of the molecule is c1ccc(-c2cc(N3CCC(N4CCCCC4)CC3)c3ccccc3n2)cc1. The molecule has 0 aliphatic carbocycles. The molecule has 0 bridgehead atoms. The second-order valence-electron chi connectivity index (χ2n) is 8.22. The van der Waals surface area contributed by atoms with Crippen molar-refractivity contribution in [3.8, 4) is 11.3 Å². The number of anilines is 1. The van der Waals surface area contributed by atoms with Crippen molar-refractivity contribution in [2.75, 3.05) is 31.1 Å². The summed E-state index contributed by atoms with van der Waals surface area (Å²) >= 11 is 0. The molecular formula is C25H29N3. The number of fused-ring (bicyclic) bond motifs is 1. The molecule has 0 N–H and O–H groups in total. The maximum Gasteiger partial charge on any atom is 0.0730 e. The fourth-order valence-electron chi connectivity index (χ4n) is 4.93. The van der Waals surface area contributed by atoms with Crippen LogP contribution in [0.3, 0.4) is 0 Å². The Morgan fingerprint density at radius 2 is 1.46 bits per heavy atom. The van der Waals surface area contributed by atoms with Crippen molar-refractivity contribution in [2.24, 2.45) is 0 Å². The minimum atomic E-state index is 0.776. The van der Waals surface area contributed by atoms with Gasteiger partial charge in [-0.25, -0.2) is 4.98 Å². The number of nitrogens with zero attached hydrogens (tertiary/aromatic N) is 3. The van der Waals surface area contributed by atoms with Crippen molar-refractivity contribution in [3.63, 3.8) is 0 Å². The van der Waals surface area contributed by atoms with Crippen LogP contribution < -0.4 is 4.90 Å². The maximum atomic E-state index is 4.95. The highest BCUT2D eigenvalue weighted by Gasteiger charge is 2.26. The van der Waals surface area contributed by atoms with E-state index in [1.165, 1.54) is 61.8 Å². The number of pyridine rings is 1. The highest BCUT2D eigenvalue weighted by atomic mass is 15.2. The van der Waals surface area contributed by atoms with Gasteiger partial charge in [0, 0.05) is 35.8 Å². The van der Waals surface area contributed by atoms with Gasteiger partial charge in [0.1, 0.15) is 0 Å². The smallest absolute Gasteiger partial charge is 0.0730 e. The summed E-state index contributed by atoms with van der Waals surface area (Å²) < 4.78 is 0. The largest absolute Gasteiger partial charge is 0.371 e. The average Bonchev–Trinajstić information content (AvgIpc) is 2.80. The zero-order valence-corrected chi connectivity index (χ0v) is 16.6. The molecule has 144 valence electrons.